The Bertz CT molecular complexity index is 610. The topological polar surface area (TPSA) is 0 Å². The van der Waals surface area contributed by atoms with E-state index in [1.807, 2.05) is 30.3 Å². The van der Waals surface area contributed by atoms with Crippen LogP contribution in [0.2, 0.25) is 10.0 Å². The Kier molecular flexibility index (Phi) is 3.50. The van der Waals surface area contributed by atoms with E-state index < -0.39 is 0 Å². The standard InChI is InChI=1S/C14H9Cl3S/c15-9-1-3-13-8(5-9)6-12(17)11-7-10(16)2-4-14(11)18-13/h1-5,7,12H,6H2/t12-/m1/s1. The van der Waals surface area contributed by atoms with Crippen molar-refractivity contribution in [3.63, 3.8) is 0 Å². The fourth-order valence-corrected chi connectivity index (χ4v) is 3.97. The lowest BCUT2D eigenvalue weighted by atomic mass is 10.0. The van der Waals surface area contributed by atoms with Crippen molar-refractivity contribution >= 4 is 46.6 Å². The van der Waals surface area contributed by atoms with E-state index >= 15 is 0 Å². The zero-order valence-corrected chi connectivity index (χ0v) is 12.4. The van der Waals surface area contributed by atoms with Crippen molar-refractivity contribution in [3.8, 4) is 0 Å². The van der Waals surface area contributed by atoms with E-state index in [2.05, 4.69) is 6.07 Å². The summed E-state index contributed by atoms with van der Waals surface area (Å²) in [4.78, 5) is 2.38. The molecular weight excluding hydrogens is 307 g/mol. The minimum absolute atomic E-state index is 0.0640. The van der Waals surface area contributed by atoms with Gasteiger partial charge in [0.25, 0.3) is 0 Å². The molecular formula is C14H9Cl3S. The van der Waals surface area contributed by atoms with E-state index in [1.165, 1.54) is 15.4 Å². The van der Waals surface area contributed by atoms with Gasteiger partial charge in [0, 0.05) is 19.8 Å². The lowest BCUT2D eigenvalue weighted by molar-refractivity contribution is 0.891. The fraction of sp³-hybridized carbons (Fsp3) is 0.143. The highest BCUT2D eigenvalue weighted by Gasteiger charge is 2.21. The van der Waals surface area contributed by atoms with Crippen LogP contribution in [0.3, 0.4) is 0 Å². The van der Waals surface area contributed by atoms with Crippen molar-refractivity contribution in [3.05, 3.63) is 57.6 Å². The third-order valence-electron chi connectivity index (χ3n) is 2.95. The number of fused-ring (bicyclic) bond motifs is 2. The third kappa shape index (κ3) is 2.37. The van der Waals surface area contributed by atoms with Crippen LogP contribution in [-0.2, 0) is 6.42 Å². The zero-order chi connectivity index (χ0) is 12.7. The molecule has 1 atom stereocenters. The first kappa shape index (κ1) is 12.7. The van der Waals surface area contributed by atoms with E-state index in [4.69, 9.17) is 34.8 Å². The molecule has 2 aromatic rings. The molecule has 0 amide bonds. The first-order valence-corrected chi connectivity index (χ1v) is 7.54. The summed E-state index contributed by atoms with van der Waals surface area (Å²) in [6.07, 6.45) is 0.776. The summed E-state index contributed by atoms with van der Waals surface area (Å²) in [5.41, 5.74) is 2.29. The molecule has 18 heavy (non-hydrogen) atoms. The molecule has 0 N–H and O–H groups in total. The first-order valence-electron chi connectivity index (χ1n) is 5.53. The summed E-state index contributed by atoms with van der Waals surface area (Å²) in [7, 11) is 0. The van der Waals surface area contributed by atoms with Crippen LogP contribution in [0.25, 0.3) is 0 Å². The van der Waals surface area contributed by atoms with Crippen molar-refractivity contribution in [1.29, 1.82) is 0 Å². The van der Waals surface area contributed by atoms with Crippen LogP contribution < -0.4 is 0 Å². The van der Waals surface area contributed by atoms with E-state index in [1.54, 1.807) is 11.8 Å². The number of rotatable bonds is 0. The number of hydrogen-bond acceptors (Lipinski definition) is 1. The van der Waals surface area contributed by atoms with Gasteiger partial charge in [-0.15, -0.1) is 11.6 Å². The molecule has 0 saturated carbocycles. The molecule has 3 rings (SSSR count). The smallest absolute Gasteiger partial charge is 0.0637 e. The second-order valence-corrected chi connectivity index (χ2v) is 6.69. The normalized spacial score (nSPS) is 17.8. The molecule has 0 saturated heterocycles. The Hall–Kier alpha value is -0.340. The maximum atomic E-state index is 6.49. The van der Waals surface area contributed by atoms with E-state index in [9.17, 15) is 0 Å². The van der Waals surface area contributed by atoms with Crippen molar-refractivity contribution in [1.82, 2.24) is 0 Å². The average Bonchev–Trinajstić information content (AvgIpc) is 2.46. The maximum absolute atomic E-state index is 6.49. The van der Waals surface area contributed by atoms with Gasteiger partial charge in [-0.1, -0.05) is 35.0 Å². The third-order valence-corrected chi connectivity index (χ3v) is 5.02. The second kappa shape index (κ2) is 4.97. The van der Waals surface area contributed by atoms with Gasteiger partial charge in [0.05, 0.1) is 5.38 Å². The molecule has 0 spiro atoms. The van der Waals surface area contributed by atoms with E-state index in [-0.39, 0.29) is 5.38 Å². The Morgan fingerprint density at radius 1 is 0.944 bits per heavy atom. The first-order chi connectivity index (χ1) is 8.63. The van der Waals surface area contributed by atoms with Gasteiger partial charge >= 0.3 is 0 Å². The van der Waals surface area contributed by atoms with Crippen LogP contribution in [0.1, 0.15) is 16.5 Å². The summed E-state index contributed by atoms with van der Waals surface area (Å²) in [6, 6.07) is 11.8. The monoisotopic (exact) mass is 314 g/mol. The van der Waals surface area contributed by atoms with Crippen molar-refractivity contribution < 1.29 is 0 Å². The number of hydrogen-bond donors (Lipinski definition) is 0. The zero-order valence-electron chi connectivity index (χ0n) is 9.29. The van der Waals surface area contributed by atoms with Gasteiger partial charge in [-0.2, -0.15) is 0 Å². The average molecular weight is 316 g/mol. The Labute approximate surface area is 125 Å². The highest BCUT2D eigenvalue weighted by molar-refractivity contribution is 7.99. The molecule has 92 valence electrons. The maximum Gasteiger partial charge on any atom is 0.0637 e. The number of halogens is 3. The summed E-state index contributed by atoms with van der Waals surface area (Å²) < 4.78 is 0. The summed E-state index contributed by atoms with van der Waals surface area (Å²) in [6.45, 7) is 0. The van der Waals surface area contributed by atoms with Crippen LogP contribution in [0.4, 0.5) is 0 Å². The molecule has 1 aliphatic rings. The molecule has 0 aromatic heterocycles. The lowest BCUT2D eigenvalue weighted by Gasteiger charge is -2.10. The van der Waals surface area contributed by atoms with Crippen LogP contribution in [-0.4, -0.2) is 0 Å². The molecule has 0 bridgehead atoms. The molecule has 4 heteroatoms. The predicted octanol–water partition coefficient (Wildman–Crippen LogP) is 5.98. The van der Waals surface area contributed by atoms with Crippen LogP contribution in [0, 0.1) is 0 Å². The predicted molar refractivity (Wildman–Crippen MR) is 79.3 cm³/mol. The molecule has 2 aromatic carbocycles. The van der Waals surface area contributed by atoms with Crippen molar-refractivity contribution in [2.75, 3.05) is 0 Å². The second-order valence-electron chi connectivity index (χ2n) is 4.21. The van der Waals surface area contributed by atoms with Crippen molar-refractivity contribution in [2.45, 2.75) is 21.6 Å². The van der Waals surface area contributed by atoms with Gasteiger partial charge in [-0.25, -0.2) is 0 Å². The van der Waals surface area contributed by atoms with Gasteiger partial charge in [0.1, 0.15) is 0 Å². The summed E-state index contributed by atoms with van der Waals surface area (Å²) in [5, 5.41) is 1.41. The lowest BCUT2D eigenvalue weighted by Crippen LogP contribution is -1.95. The minimum Gasteiger partial charge on any atom is -0.117 e. The minimum atomic E-state index is -0.0640. The van der Waals surface area contributed by atoms with E-state index in [0.29, 0.717) is 0 Å². The molecule has 1 heterocycles. The van der Waals surface area contributed by atoms with Gasteiger partial charge in [-0.3, -0.25) is 0 Å². The largest absolute Gasteiger partial charge is 0.117 e. The van der Waals surface area contributed by atoms with Crippen LogP contribution >= 0.6 is 46.6 Å². The molecule has 0 nitrogen and oxygen atoms in total. The fourth-order valence-electron chi connectivity index (χ4n) is 2.09. The van der Waals surface area contributed by atoms with Gasteiger partial charge < -0.3 is 0 Å². The summed E-state index contributed by atoms with van der Waals surface area (Å²) in [5.74, 6) is 0. The van der Waals surface area contributed by atoms with Gasteiger partial charge in [0.2, 0.25) is 0 Å². The van der Waals surface area contributed by atoms with Gasteiger partial charge in [-0.05, 0) is 53.9 Å². The molecule has 1 aliphatic heterocycles. The van der Waals surface area contributed by atoms with Crippen LogP contribution in [0.5, 0.6) is 0 Å². The highest BCUT2D eigenvalue weighted by atomic mass is 35.5. The Morgan fingerprint density at radius 2 is 1.61 bits per heavy atom. The molecule has 0 aliphatic carbocycles. The quantitative estimate of drug-likeness (QED) is 0.539. The SMILES string of the molecule is Clc1ccc2c(c1)C[C@@H](Cl)c1cc(Cl)ccc1S2. The molecule has 0 radical (unpaired) electrons. The Balaban J connectivity index is 2.13. The van der Waals surface area contributed by atoms with Crippen LogP contribution in [0.15, 0.2) is 46.2 Å². The summed E-state index contributed by atoms with van der Waals surface area (Å²) >= 11 is 20.3. The highest BCUT2D eigenvalue weighted by Crippen LogP contribution is 2.44. The van der Waals surface area contributed by atoms with Gasteiger partial charge in [0.15, 0.2) is 0 Å². The molecule has 0 unspecified atom stereocenters. The molecule has 0 fully saturated rings. The van der Waals surface area contributed by atoms with E-state index in [0.717, 1.165) is 22.0 Å². The number of alkyl halides is 1. The van der Waals surface area contributed by atoms with Crippen molar-refractivity contribution in [2.24, 2.45) is 0 Å². The Morgan fingerprint density at radius 3 is 2.39 bits per heavy atom. The number of benzene rings is 2.